The summed E-state index contributed by atoms with van der Waals surface area (Å²) in [4.78, 5) is 14.3. The fraction of sp³-hybridized carbons (Fsp3) is 0.235. The zero-order valence-corrected chi connectivity index (χ0v) is 11.4. The summed E-state index contributed by atoms with van der Waals surface area (Å²) in [5.74, 6) is 0.0351. The molecule has 20 heavy (non-hydrogen) atoms. The molecule has 0 spiro atoms. The number of nitrogens with zero attached hydrogens (tertiary/aromatic N) is 1. The molecule has 1 heterocycles. The van der Waals surface area contributed by atoms with Crippen molar-refractivity contribution in [2.24, 2.45) is 0 Å². The highest BCUT2D eigenvalue weighted by Gasteiger charge is 2.18. The molecule has 102 valence electrons. The summed E-state index contributed by atoms with van der Waals surface area (Å²) in [6.07, 6.45) is 2.21. The summed E-state index contributed by atoms with van der Waals surface area (Å²) in [6, 6.07) is 17.9. The van der Waals surface area contributed by atoms with Crippen molar-refractivity contribution in [3.05, 3.63) is 60.2 Å². The molecule has 3 heteroatoms. The summed E-state index contributed by atoms with van der Waals surface area (Å²) in [5.41, 5.74) is 3.39. The van der Waals surface area contributed by atoms with Crippen molar-refractivity contribution in [1.82, 2.24) is 0 Å². The van der Waals surface area contributed by atoms with Crippen LogP contribution < -0.4 is 10.2 Å². The molecule has 0 unspecified atom stereocenters. The lowest BCUT2D eigenvalue weighted by atomic mass is 10.0. The van der Waals surface area contributed by atoms with E-state index in [-0.39, 0.29) is 5.91 Å². The van der Waals surface area contributed by atoms with Gasteiger partial charge in [-0.1, -0.05) is 36.4 Å². The van der Waals surface area contributed by atoms with Crippen molar-refractivity contribution < 1.29 is 4.79 Å². The number of fused-ring (bicyclic) bond motifs is 1. The van der Waals surface area contributed by atoms with E-state index in [0.29, 0.717) is 6.54 Å². The Morgan fingerprint density at radius 1 is 1.05 bits per heavy atom. The number of aryl methyl sites for hydroxylation is 1. The van der Waals surface area contributed by atoms with Crippen LogP contribution in [-0.4, -0.2) is 19.0 Å². The third kappa shape index (κ3) is 2.82. The maximum atomic E-state index is 12.1. The van der Waals surface area contributed by atoms with Gasteiger partial charge in [-0.15, -0.1) is 0 Å². The molecule has 0 saturated heterocycles. The molecule has 0 aromatic heterocycles. The number of rotatable bonds is 3. The average molecular weight is 266 g/mol. The second-order valence-electron chi connectivity index (χ2n) is 5.07. The second-order valence-corrected chi connectivity index (χ2v) is 5.07. The minimum Gasteiger partial charge on any atom is -0.362 e. The third-order valence-electron chi connectivity index (χ3n) is 3.60. The summed E-state index contributed by atoms with van der Waals surface area (Å²) in [6.45, 7) is 1.35. The lowest BCUT2D eigenvalue weighted by Crippen LogP contribution is -2.36. The number of hydrogen-bond donors (Lipinski definition) is 1. The van der Waals surface area contributed by atoms with Gasteiger partial charge < -0.3 is 10.2 Å². The van der Waals surface area contributed by atoms with Crippen LogP contribution in [0.5, 0.6) is 0 Å². The number of para-hydroxylation sites is 2. The number of amides is 1. The lowest BCUT2D eigenvalue weighted by molar-refractivity contribution is -0.115. The third-order valence-corrected chi connectivity index (χ3v) is 3.60. The van der Waals surface area contributed by atoms with Crippen LogP contribution in [0.4, 0.5) is 11.4 Å². The highest BCUT2D eigenvalue weighted by molar-refractivity contribution is 5.94. The molecular formula is C17H18N2O. The largest absolute Gasteiger partial charge is 0.362 e. The molecule has 1 aliphatic rings. The van der Waals surface area contributed by atoms with Crippen molar-refractivity contribution in [3.63, 3.8) is 0 Å². The molecule has 0 radical (unpaired) electrons. The Kier molecular flexibility index (Phi) is 3.68. The van der Waals surface area contributed by atoms with E-state index in [1.54, 1.807) is 0 Å². The van der Waals surface area contributed by atoms with Gasteiger partial charge in [-0.3, -0.25) is 4.79 Å². The molecule has 1 N–H and O–H groups in total. The van der Waals surface area contributed by atoms with E-state index in [1.807, 2.05) is 36.4 Å². The molecule has 3 nitrogen and oxygen atoms in total. The van der Waals surface area contributed by atoms with E-state index < -0.39 is 0 Å². The van der Waals surface area contributed by atoms with Crippen LogP contribution in [-0.2, 0) is 11.2 Å². The van der Waals surface area contributed by atoms with E-state index in [2.05, 4.69) is 28.4 Å². The van der Waals surface area contributed by atoms with Gasteiger partial charge in [0.1, 0.15) is 0 Å². The highest BCUT2D eigenvalue weighted by Crippen LogP contribution is 2.26. The van der Waals surface area contributed by atoms with Crippen LogP contribution in [0, 0.1) is 0 Å². The van der Waals surface area contributed by atoms with Crippen LogP contribution in [0.3, 0.4) is 0 Å². The van der Waals surface area contributed by atoms with Crippen LogP contribution in [0.1, 0.15) is 12.0 Å². The van der Waals surface area contributed by atoms with Gasteiger partial charge in [-0.2, -0.15) is 0 Å². The van der Waals surface area contributed by atoms with Gasteiger partial charge in [0.2, 0.25) is 5.91 Å². The zero-order chi connectivity index (χ0) is 13.8. The van der Waals surface area contributed by atoms with Crippen molar-refractivity contribution in [3.8, 4) is 0 Å². The van der Waals surface area contributed by atoms with Gasteiger partial charge in [-0.25, -0.2) is 0 Å². The molecule has 0 fully saturated rings. The van der Waals surface area contributed by atoms with Crippen molar-refractivity contribution in [1.29, 1.82) is 0 Å². The Labute approximate surface area is 119 Å². The maximum absolute atomic E-state index is 12.1. The Hall–Kier alpha value is -2.29. The van der Waals surface area contributed by atoms with E-state index in [9.17, 15) is 4.79 Å². The quantitative estimate of drug-likeness (QED) is 0.926. The minimum absolute atomic E-state index is 0.0351. The first kappa shape index (κ1) is 12.7. The number of anilines is 2. The topological polar surface area (TPSA) is 32.3 Å². The van der Waals surface area contributed by atoms with Crippen molar-refractivity contribution in [2.45, 2.75) is 12.8 Å². The normalized spacial score (nSPS) is 13.7. The standard InChI is InChI=1S/C17H18N2O/c20-17(18-15-9-2-1-3-10-15)13-19-12-6-8-14-7-4-5-11-16(14)19/h1-5,7,9-11H,6,8,12-13H2,(H,18,20). The summed E-state index contributed by atoms with van der Waals surface area (Å²) < 4.78 is 0. The SMILES string of the molecule is O=C(CN1CCCc2ccccc21)Nc1ccccc1. The van der Waals surface area contributed by atoms with E-state index in [0.717, 1.165) is 25.1 Å². The molecule has 1 aliphatic heterocycles. The van der Waals surface area contributed by atoms with Gasteiger partial charge in [0, 0.05) is 17.9 Å². The number of benzene rings is 2. The summed E-state index contributed by atoms with van der Waals surface area (Å²) in [5, 5.41) is 2.94. The van der Waals surface area contributed by atoms with Crippen LogP contribution in [0.15, 0.2) is 54.6 Å². The molecule has 0 bridgehead atoms. The van der Waals surface area contributed by atoms with Crippen LogP contribution in [0.2, 0.25) is 0 Å². The fourth-order valence-corrected chi connectivity index (χ4v) is 2.67. The van der Waals surface area contributed by atoms with Crippen LogP contribution >= 0.6 is 0 Å². The first-order valence-corrected chi connectivity index (χ1v) is 7.01. The average Bonchev–Trinajstić information content (AvgIpc) is 2.48. The molecule has 2 aromatic carbocycles. The number of carbonyl (C=O) groups excluding carboxylic acids is 1. The van der Waals surface area contributed by atoms with E-state index >= 15 is 0 Å². The van der Waals surface area contributed by atoms with Crippen LogP contribution in [0.25, 0.3) is 0 Å². The molecule has 2 aromatic rings. The summed E-state index contributed by atoms with van der Waals surface area (Å²) >= 11 is 0. The minimum atomic E-state index is 0.0351. The Morgan fingerprint density at radius 2 is 1.80 bits per heavy atom. The smallest absolute Gasteiger partial charge is 0.243 e. The predicted octanol–water partition coefficient (Wildman–Crippen LogP) is 3.08. The van der Waals surface area contributed by atoms with Gasteiger partial charge in [0.05, 0.1) is 6.54 Å². The van der Waals surface area contributed by atoms with E-state index in [4.69, 9.17) is 0 Å². The van der Waals surface area contributed by atoms with E-state index in [1.165, 1.54) is 11.3 Å². The Morgan fingerprint density at radius 3 is 2.65 bits per heavy atom. The maximum Gasteiger partial charge on any atom is 0.243 e. The molecule has 3 rings (SSSR count). The van der Waals surface area contributed by atoms with Crippen molar-refractivity contribution in [2.75, 3.05) is 23.3 Å². The molecule has 1 amide bonds. The van der Waals surface area contributed by atoms with Gasteiger partial charge >= 0.3 is 0 Å². The molecule has 0 saturated carbocycles. The number of carbonyl (C=O) groups is 1. The highest BCUT2D eigenvalue weighted by atomic mass is 16.2. The van der Waals surface area contributed by atoms with Gasteiger partial charge in [-0.05, 0) is 36.6 Å². The fourth-order valence-electron chi connectivity index (χ4n) is 2.67. The predicted molar refractivity (Wildman–Crippen MR) is 82.0 cm³/mol. The van der Waals surface area contributed by atoms with Gasteiger partial charge in [0.25, 0.3) is 0 Å². The second kappa shape index (κ2) is 5.78. The molecule has 0 atom stereocenters. The van der Waals surface area contributed by atoms with Gasteiger partial charge in [0.15, 0.2) is 0 Å². The lowest BCUT2D eigenvalue weighted by Gasteiger charge is -2.30. The zero-order valence-electron chi connectivity index (χ0n) is 11.4. The van der Waals surface area contributed by atoms with Crippen molar-refractivity contribution >= 4 is 17.3 Å². The monoisotopic (exact) mass is 266 g/mol. The first-order chi connectivity index (χ1) is 9.83. The Bertz CT molecular complexity index is 595. The number of nitrogens with one attached hydrogen (secondary N) is 1. The summed E-state index contributed by atoms with van der Waals surface area (Å²) in [7, 11) is 0. The first-order valence-electron chi connectivity index (χ1n) is 7.01. The molecular weight excluding hydrogens is 248 g/mol. The Balaban J connectivity index is 1.68. The molecule has 0 aliphatic carbocycles. The number of hydrogen-bond acceptors (Lipinski definition) is 2.